The molecule has 0 atom stereocenters. The first-order valence-corrected chi connectivity index (χ1v) is 9.06. The lowest BCUT2D eigenvalue weighted by molar-refractivity contribution is -0.298. The third-order valence-corrected chi connectivity index (χ3v) is 4.33. The fourth-order valence-corrected chi connectivity index (χ4v) is 2.93. The van der Waals surface area contributed by atoms with Crippen molar-refractivity contribution >= 4 is 29.8 Å². The summed E-state index contributed by atoms with van der Waals surface area (Å²) >= 11 is 0.775. The van der Waals surface area contributed by atoms with Gasteiger partial charge in [-0.1, -0.05) is 12.1 Å². The number of hydrogen-bond donors (Lipinski definition) is 0. The van der Waals surface area contributed by atoms with E-state index in [1.165, 1.54) is 6.08 Å². The Hall–Kier alpha value is -3.33. The number of aliphatic carboxylic acids is 1. The fourth-order valence-electron chi connectivity index (χ4n) is 2.24. The number of carboxylic acids is 1. The molecule has 28 heavy (non-hydrogen) atoms. The maximum atomic E-state index is 11.7. The second-order valence-electron chi connectivity index (χ2n) is 5.48. The van der Waals surface area contributed by atoms with Gasteiger partial charge in [-0.3, -0.25) is 0 Å². The summed E-state index contributed by atoms with van der Waals surface area (Å²) in [6, 6.07) is 10.0. The minimum absolute atomic E-state index is 0.0919. The molecular formula is C19H15N2O6S-. The number of furan rings is 1. The van der Waals surface area contributed by atoms with Crippen LogP contribution in [0.4, 0.5) is 0 Å². The summed E-state index contributed by atoms with van der Waals surface area (Å²) in [5, 5.41) is 18.9. The van der Waals surface area contributed by atoms with Crippen LogP contribution in [-0.4, -0.2) is 28.7 Å². The average molecular weight is 399 g/mol. The van der Waals surface area contributed by atoms with Gasteiger partial charge in [0.1, 0.15) is 11.5 Å². The van der Waals surface area contributed by atoms with Crippen molar-refractivity contribution < 1.29 is 28.3 Å². The molecule has 3 rings (SSSR count). The predicted octanol–water partition coefficient (Wildman–Crippen LogP) is 2.70. The van der Waals surface area contributed by atoms with Crippen molar-refractivity contribution in [2.75, 3.05) is 6.61 Å². The maximum absolute atomic E-state index is 11.7. The van der Waals surface area contributed by atoms with Gasteiger partial charge < -0.3 is 23.5 Å². The Balaban J connectivity index is 1.79. The van der Waals surface area contributed by atoms with E-state index in [1.807, 2.05) is 0 Å². The lowest BCUT2D eigenvalue weighted by Crippen LogP contribution is -2.22. The van der Waals surface area contributed by atoms with E-state index in [0.717, 1.165) is 17.3 Å². The first-order valence-electron chi connectivity index (χ1n) is 8.24. The molecule has 8 nitrogen and oxygen atoms in total. The van der Waals surface area contributed by atoms with Gasteiger partial charge >= 0.3 is 5.97 Å². The fraction of sp³-hybridized carbons (Fsp3) is 0.158. The lowest BCUT2D eigenvalue weighted by atomic mass is 10.1. The highest BCUT2D eigenvalue weighted by Gasteiger charge is 2.12. The van der Waals surface area contributed by atoms with E-state index < -0.39 is 11.9 Å². The van der Waals surface area contributed by atoms with Crippen LogP contribution >= 0.6 is 11.8 Å². The van der Waals surface area contributed by atoms with Crippen LogP contribution in [0.3, 0.4) is 0 Å². The molecule has 0 spiro atoms. The SMILES string of the molecule is CCOC(=O)c1ccc(-c2ccc(/C=C(/Sc3nnc(C)o3)C(=O)[O-])o2)cc1. The van der Waals surface area contributed by atoms with Gasteiger partial charge in [0, 0.05) is 17.4 Å². The molecule has 144 valence electrons. The van der Waals surface area contributed by atoms with Crippen LogP contribution in [0.15, 0.2) is 55.4 Å². The lowest BCUT2D eigenvalue weighted by Gasteiger charge is -2.04. The molecule has 0 N–H and O–H groups in total. The minimum atomic E-state index is -1.39. The molecular weight excluding hydrogens is 384 g/mol. The monoisotopic (exact) mass is 399 g/mol. The number of ether oxygens (including phenoxy) is 1. The number of esters is 1. The van der Waals surface area contributed by atoms with E-state index in [4.69, 9.17) is 13.6 Å². The van der Waals surface area contributed by atoms with Gasteiger partial charge in [0.15, 0.2) is 0 Å². The molecule has 0 bridgehead atoms. The first kappa shape index (κ1) is 19.4. The summed E-state index contributed by atoms with van der Waals surface area (Å²) in [4.78, 5) is 22.9. The largest absolute Gasteiger partial charge is 0.544 e. The summed E-state index contributed by atoms with van der Waals surface area (Å²) < 4.78 is 15.8. The van der Waals surface area contributed by atoms with Crippen LogP contribution in [-0.2, 0) is 9.53 Å². The van der Waals surface area contributed by atoms with Crippen molar-refractivity contribution in [3.63, 3.8) is 0 Å². The van der Waals surface area contributed by atoms with Crippen molar-refractivity contribution in [2.24, 2.45) is 0 Å². The molecule has 2 heterocycles. The summed E-state index contributed by atoms with van der Waals surface area (Å²) in [7, 11) is 0. The summed E-state index contributed by atoms with van der Waals surface area (Å²) in [5.41, 5.74) is 1.16. The summed E-state index contributed by atoms with van der Waals surface area (Å²) in [6.45, 7) is 3.64. The van der Waals surface area contributed by atoms with Gasteiger partial charge in [-0.15, -0.1) is 10.2 Å². The summed E-state index contributed by atoms with van der Waals surface area (Å²) in [5.74, 6) is -0.640. The van der Waals surface area contributed by atoms with Gasteiger partial charge in [-0.25, -0.2) is 4.79 Å². The molecule has 0 saturated heterocycles. The highest BCUT2D eigenvalue weighted by molar-refractivity contribution is 8.03. The molecule has 0 radical (unpaired) electrons. The highest BCUT2D eigenvalue weighted by atomic mass is 32.2. The van der Waals surface area contributed by atoms with Crippen LogP contribution in [0.5, 0.6) is 0 Å². The van der Waals surface area contributed by atoms with Gasteiger partial charge in [-0.05, 0) is 49.0 Å². The normalized spacial score (nSPS) is 11.4. The molecule has 0 aliphatic heterocycles. The molecule has 2 aromatic heterocycles. The second-order valence-corrected chi connectivity index (χ2v) is 6.48. The molecule has 0 saturated carbocycles. The van der Waals surface area contributed by atoms with Crippen molar-refractivity contribution in [1.29, 1.82) is 0 Å². The molecule has 0 fully saturated rings. The van der Waals surface area contributed by atoms with Crippen molar-refractivity contribution in [1.82, 2.24) is 10.2 Å². The Kier molecular flexibility index (Phi) is 5.95. The van der Waals surface area contributed by atoms with E-state index in [2.05, 4.69) is 10.2 Å². The average Bonchev–Trinajstić information content (AvgIpc) is 3.30. The minimum Gasteiger partial charge on any atom is -0.544 e. The maximum Gasteiger partial charge on any atom is 0.338 e. The Bertz CT molecular complexity index is 1020. The number of aryl methyl sites for hydroxylation is 1. The smallest absolute Gasteiger partial charge is 0.338 e. The molecule has 0 aliphatic carbocycles. The molecule has 3 aromatic rings. The quantitative estimate of drug-likeness (QED) is 0.335. The number of carboxylic acid groups (broad SMARTS) is 1. The Labute approximate surface area is 164 Å². The van der Waals surface area contributed by atoms with Crippen LogP contribution in [0.2, 0.25) is 0 Å². The molecule has 0 unspecified atom stereocenters. The number of carbonyl (C=O) groups excluding carboxylic acids is 2. The number of aromatic nitrogens is 2. The number of hydrogen-bond acceptors (Lipinski definition) is 9. The highest BCUT2D eigenvalue weighted by Crippen LogP contribution is 2.29. The van der Waals surface area contributed by atoms with E-state index >= 15 is 0 Å². The van der Waals surface area contributed by atoms with Gasteiger partial charge in [0.2, 0.25) is 5.89 Å². The zero-order chi connectivity index (χ0) is 20.1. The van der Waals surface area contributed by atoms with E-state index in [0.29, 0.717) is 29.6 Å². The van der Waals surface area contributed by atoms with Gasteiger partial charge in [0.05, 0.1) is 18.1 Å². The van der Waals surface area contributed by atoms with Crippen LogP contribution in [0.1, 0.15) is 28.9 Å². The zero-order valence-electron chi connectivity index (χ0n) is 15.0. The number of thioether (sulfide) groups is 1. The van der Waals surface area contributed by atoms with Crippen LogP contribution in [0, 0.1) is 6.92 Å². The molecule has 9 heteroatoms. The van der Waals surface area contributed by atoms with E-state index in [9.17, 15) is 14.7 Å². The van der Waals surface area contributed by atoms with Crippen LogP contribution in [0.25, 0.3) is 17.4 Å². The number of benzene rings is 1. The topological polar surface area (TPSA) is 118 Å². The number of carbonyl (C=O) groups is 2. The standard InChI is InChI=1S/C19H16N2O6S/c1-3-25-18(24)13-6-4-12(5-7-13)15-9-8-14(27-15)10-16(17(22)23)28-19-21-20-11(2)26-19/h4-10H,3H2,1-2H3,(H,22,23)/p-1/b16-10+. The van der Waals surface area contributed by atoms with Crippen molar-refractivity contribution in [3.05, 3.63) is 58.5 Å². The number of nitrogens with zero attached hydrogens (tertiary/aromatic N) is 2. The molecule has 1 aromatic carbocycles. The Morgan fingerprint density at radius 1 is 1.14 bits per heavy atom. The zero-order valence-corrected chi connectivity index (χ0v) is 15.8. The van der Waals surface area contributed by atoms with E-state index in [-0.39, 0.29) is 10.1 Å². The Morgan fingerprint density at radius 2 is 1.89 bits per heavy atom. The molecule has 0 amide bonds. The van der Waals surface area contributed by atoms with Gasteiger partial charge in [0.25, 0.3) is 5.22 Å². The van der Waals surface area contributed by atoms with Crippen LogP contribution < -0.4 is 5.11 Å². The second kappa shape index (κ2) is 8.57. The molecule has 0 aliphatic rings. The summed E-state index contributed by atoms with van der Waals surface area (Å²) in [6.07, 6.45) is 1.32. The third kappa shape index (κ3) is 4.68. The predicted molar refractivity (Wildman–Crippen MR) is 98.0 cm³/mol. The third-order valence-electron chi connectivity index (χ3n) is 3.49. The van der Waals surface area contributed by atoms with E-state index in [1.54, 1.807) is 50.2 Å². The van der Waals surface area contributed by atoms with Crippen molar-refractivity contribution in [3.8, 4) is 11.3 Å². The Morgan fingerprint density at radius 3 is 2.50 bits per heavy atom. The van der Waals surface area contributed by atoms with Crippen molar-refractivity contribution in [2.45, 2.75) is 19.1 Å². The van der Waals surface area contributed by atoms with Gasteiger partial charge in [-0.2, -0.15) is 0 Å². The number of rotatable bonds is 7. The first-order chi connectivity index (χ1) is 13.5.